The molecule has 2 rings (SSSR count). The molecule has 5 heteroatoms. The number of nitrogens with zero attached hydrogens (tertiary/aromatic N) is 1. The second-order valence-electron chi connectivity index (χ2n) is 6.71. The Morgan fingerprint density at radius 2 is 2.05 bits per heavy atom. The van der Waals surface area contributed by atoms with Crippen LogP contribution >= 0.6 is 0 Å². The number of hydrogen-bond donors (Lipinski definition) is 0. The van der Waals surface area contributed by atoms with Gasteiger partial charge in [0.15, 0.2) is 5.78 Å². The SMILES string of the molecule is Cc1ccc(F)cc1C1CCN(C(=O)OC(C)(C)C)CC1=O. The third-order valence-corrected chi connectivity index (χ3v) is 3.69. The summed E-state index contributed by atoms with van der Waals surface area (Å²) in [7, 11) is 0. The molecular formula is C17H22FNO3. The Labute approximate surface area is 130 Å². The maximum absolute atomic E-state index is 13.4. The molecule has 0 aromatic heterocycles. The highest BCUT2D eigenvalue weighted by Gasteiger charge is 2.33. The second kappa shape index (κ2) is 6.07. The van der Waals surface area contributed by atoms with E-state index in [4.69, 9.17) is 4.74 Å². The van der Waals surface area contributed by atoms with Gasteiger partial charge in [0.1, 0.15) is 11.4 Å². The smallest absolute Gasteiger partial charge is 0.410 e. The normalized spacial score (nSPS) is 19.2. The van der Waals surface area contributed by atoms with E-state index in [1.807, 2.05) is 6.92 Å². The molecule has 0 saturated carbocycles. The number of carbonyl (C=O) groups is 2. The first kappa shape index (κ1) is 16.5. The fourth-order valence-electron chi connectivity index (χ4n) is 2.62. The zero-order valence-electron chi connectivity index (χ0n) is 13.5. The van der Waals surface area contributed by atoms with Crippen LogP contribution in [0.25, 0.3) is 0 Å². The summed E-state index contributed by atoms with van der Waals surface area (Å²) in [4.78, 5) is 25.8. The molecule has 1 fully saturated rings. The Hall–Kier alpha value is -1.91. The van der Waals surface area contributed by atoms with Crippen molar-refractivity contribution in [1.29, 1.82) is 0 Å². The molecule has 0 bridgehead atoms. The minimum absolute atomic E-state index is 0.00946. The van der Waals surface area contributed by atoms with Crippen molar-refractivity contribution in [2.75, 3.05) is 13.1 Å². The predicted molar refractivity (Wildman–Crippen MR) is 81.3 cm³/mol. The molecule has 1 saturated heterocycles. The van der Waals surface area contributed by atoms with Gasteiger partial charge in [-0.25, -0.2) is 9.18 Å². The number of likely N-dealkylation sites (tertiary alicyclic amines) is 1. The largest absolute Gasteiger partial charge is 0.444 e. The monoisotopic (exact) mass is 307 g/mol. The average Bonchev–Trinajstić information content (AvgIpc) is 2.40. The molecule has 1 aromatic rings. The Kier molecular flexibility index (Phi) is 4.54. The quantitative estimate of drug-likeness (QED) is 0.798. The molecule has 1 aliphatic rings. The molecule has 1 unspecified atom stereocenters. The highest BCUT2D eigenvalue weighted by molar-refractivity contribution is 5.91. The lowest BCUT2D eigenvalue weighted by molar-refractivity contribution is -0.123. The highest BCUT2D eigenvalue weighted by Crippen LogP contribution is 2.29. The van der Waals surface area contributed by atoms with Crippen LogP contribution in [0.15, 0.2) is 18.2 Å². The van der Waals surface area contributed by atoms with Crippen LogP contribution in [0, 0.1) is 12.7 Å². The lowest BCUT2D eigenvalue weighted by atomic mass is 9.86. The van der Waals surface area contributed by atoms with Crippen LogP contribution in [0.5, 0.6) is 0 Å². The van der Waals surface area contributed by atoms with E-state index in [0.717, 1.165) is 5.56 Å². The van der Waals surface area contributed by atoms with Crippen LogP contribution in [0.3, 0.4) is 0 Å². The van der Waals surface area contributed by atoms with Crippen molar-refractivity contribution in [1.82, 2.24) is 4.90 Å². The number of aryl methyl sites for hydroxylation is 1. The van der Waals surface area contributed by atoms with E-state index in [1.54, 1.807) is 26.8 Å². The first-order valence-electron chi connectivity index (χ1n) is 7.44. The third-order valence-electron chi connectivity index (χ3n) is 3.69. The van der Waals surface area contributed by atoms with Crippen LogP contribution in [0.4, 0.5) is 9.18 Å². The van der Waals surface area contributed by atoms with Crippen molar-refractivity contribution in [3.05, 3.63) is 35.1 Å². The van der Waals surface area contributed by atoms with Crippen molar-refractivity contribution in [2.24, 2.45) is 0 Å². The average molecular weight is 307 g/mol. The van der Waals surface area contributed by atoms with Crippen molar-refractivity contribution in [2.45, 2.75) is 45.6 Å². The van der Waals surface area contributed by atoms with Crippen LogP contribution in [0.1, 0.15) is 44.2 Å². The summed E-state index contributed by atoms with van der Waals surface area (Å²) >= 11 is 0. The van der Waals surface area contributed by atoms with Gasteiger partial charge in [0.2, 0.25) is 0 Å². The summed E-state index contributed by atoms with van der Waals surface area (Å²) < 4.78 is 18.7. The number of carbonyl (C=O) groups excluding carboxylic acids is 2. The zero-order chi connectivity index (χ0) is 16.5. The highest BCUT2D eigenvalue weighted by atomic mass is 19.1. The molecule has 1 atom stereocenters. The number of amides is 1. The molecule has 1 aromatic carbocycles. The van der Waals surface area contributed by atoms with Crippen LogP contribution in [-0.4, -0.2) is 35.5 Å². The molecule has 0 radical (unpaired) electrons. The number of ketones is 1. The minimum atomic E-state index is -0.587. The molecule has 4 nitrogen and oxygen atoms in total. The van der Waals surface area contributed by atoms with E-state index < -0.39 is 11.7 Å². The molecule has 0 aliphatic carbocycles. The molecule has 1 aliphatic heterocycles. The standard InChI is InChI=1S/C17H22FNO3/c1-11-5-6-12(18)9-14(11)13-7-8-19(10-15(13)20)16(21)22-17(2,3)4/h5-6,9,13H,7-8,10H2,1-4H3. The molecule has 0 spiro atoms. The summed E-state index contributed by atoms with van der Waals surface area (Å²) in [5, 5.41) is 0. The number of halogens is 1. The van der Waals surface area contributed by atoms with E-state index in [0.29, 0.717) is 18.5 Å². The molecule has 0 N–H and O–H groups in total. The maximum atomic E-state index is 13.4. The fraction of sp³-hybridized carbons (Fsp3) is 0.529. The summed E-state index contributed by atoms with van der Waals surface area (Å²) in [6, 6.07) is 4.48. The molecule has 1 heterocycles. The van der Waals surface area contributed by atoms with Gasteiger partial charge in [-0.15, -0.1) is 0 Å². The Morgan fingerprint density at radius 1 is 1.36 bits per heavy atom. The van der Waals surface area contributed by atoms with Crippen LogP contribution in [0.2, 0.25) is 0 Å². The Morgan fingerprint density at radius 3 is 2.64 bits per heavy atom. The van der Waals surface area contributed by atoms with Crippen molar-refractivity contribution >= 4 is 11.9 Å². The summed E-state index contributed by atoms with van der Waals surface area (Å²) in [6.45, 7) is 7.67. The number of rotatable bonds is 1. The number of hydrogen-bond acceptors (Lipinski definition) is 3. The van der Waals surface area contributed by atoms with Crippen molar-refractivity contribution in [3.8, 4) is 0 Å². The van der Waals surface area contributed by atoms with E-state index in [2.05, 4.69) is 0 Å². The predicted octanol–water partition coefficient (Wildman–Crippen LogP) is 3.43. The zero-order valence-corrected chi connectivity index (χ0v) is 13.5. The van der Waals surface area contributed by atoms with Gasteiger partial charge in [0, 0.05) is 12.5 Å². The summed E-state index contributed by atoms with van der Waals surface area (Å²) in [5.41, 5.74) is 1.02. The summed E-state index contributed by atoms with van der Waals surface area (Å²) in [6.07, 6.45) is 0.0119. The van der Waals surface area contributed by atoms with Gasteiger partial charge in [0.05, 0.1) is 6.54 Å². The first-order valence-corrected chi connectivity index (χ1v) is 7.44. The second-order valence-corrected chi connectivity index (χ2v) is 6.71. The van der Waals surface area contributed by atoms with Crippen molar-refractivity contribution < 1.29 is 18.7 Å². The number of ether oxygens (including phenoxy) is 1. The molecular weight excluding hydrogens is 285 g/mol. The van der Waals surface area contributed by atoms with Gasteiger partial charge in [-0.3, -0.25) is 4.79 Å². The third kappa shape index (κ3) is 3.84. The topological polar surface area (TPSA) is 46.6 Å². The van der Waals surface area contributed by atoms with E-state index in [9.17, 15) is 14.0 Å². The van der Waals surface area contributed by atoms with Gasteiger partial charge in [0.25, 0.3) is 0 Å². The molecule has 22 heavy (non-hydrogen) atoms. The molecule has 120 valence electrons. The van der Waals surface area contributed by atoms with Gasteiger partial charge < -0.3 is 9.64 Å². The van der Waals surface area contributed by atoms with E-state index in [-0.39, 0.29) is 24.1 Å². The van der Waals surface area contributed by atoms with E-state index >= 15 is 0 Å². The van der Waals surface area contributed by atoms with E-state index in [1.165, 1.54) is 17.0 Å². The van der Waals surface area contributed by atoms with Gasteiger partial charge in [-0.05, 0) is 57.4 Å². The Balaban J connectivity index is 2.09. The lowest BCUT2D eigenvalue weighted by Gasteiger charge is -2.33. The fourth-order valence-corrected chi connectivity index (χ4v) is 2.62. The van der Waals surface area contributed by atoms with Gasteiger partial charge >= 0.3 is 6.09 Å². The van der Waals surface area contributed by atoms with Crippen LogP contribution in [-0.2, 0) is 9.53 Å². The van der Waals surface area contributed by atoms with Gasteiger partial charge in [-0.1, -0.05) is 6.07 Å². The maximum Gasteiger partial charge on any atom is 0.410 e. The number of benzene rings is 1. The minimum Gasteiger partial charge on any atom is -0.444 e. The lowest BCUT2D eigenvalue weighted by Crippen LogP contribution is -2.45. The van der Waals surface area contributed by atoms with Crippen LogP contribution < -0.4 is 0 Å². The Bertz CT molecular complexity index is 592. The molecule has 1 amide bonds. The summed E-state index contributed by atoms with van der Waals surface area (Å²) in [5.74, 6) is -0.775. The van der Waals surface area contributed by atoms with Crippen molar-refractivity contribution in [3.63, 3.8) is 0 Å². The first-order chi connectivity index (χ1) is 10.2. The number of piperidine rings is 1. The number of Topliss-reactive ketones (excluding diaryl/α,β-unsaturated/α-hetero) is 1. The van der Waals surface area contributed by atoms with Gasteiger partial charge in [-0.2, -0.15) is 0 Å².